The first-order valence-electron chi connectivity index (χ1n) is 20.2. The van der Waals surface area contributed by atoms with Gasteiger partial charge in [-0.05, 0) is 63.9 Å². The standard InChI is InChI=1S/C41H76NO7P/c1-3-5-7-9-11-13-15-17-19-20-21-22-24-26-28-30-32-34-41(43)49-40(39-48-50(44,45)47-37-35-42)38-46-36-33-31-29-27-25-23-18-16-14-12-10-8-6-4-2/h11,13,17,19,21-22,33,36,40H,3-10,12,14-16,18,20,23-32,34-35,37-39,42H2,1-2H3,(H,44,45)/b13-11+,19-17+,22-21+,36-33+/t40-/m1/s1. The highest BCUT2D eigenvalue weighted by molar-refractivity contribution is 7.47. The highest BCUT2D eigenvalue weighted by Gasteiger charge is 2.25. The van der Waals surface area contributed by atoms with Crippen molar-refractivity contribution in [3.05, 3.63) is 48.8 Å². The number of unbranched alkanes of at least 4 members (excludes halogenated alkanes) is 19. The van der Waals surface area contributed by atoms with Crippen LogP contribution in [0.15, 0.2) is 48.8 Å². The summed E-state index contributed by atoms with van der Waals surface area (Å²) in [5.41, 5.74) is 5.35. The Kier molecular flexibility index (Phi) is 37.2. The maximum absolute atomic E-state index is 12.5. The molecule has 2 atom stereocenters. The van der Waals surface area contributed by atoms with Gasteiger partial charge in [0.25, 0.3) is 0 Å². The third-order valence-corrected chi connectivity index (χ3v) is 9.30. The van der Waals surface area contributed by atoms with Crippen LogP contribution in [-0.4, -0.2) is 43.3 Å². The van der Waals surface area contributed by atoms with Gasteiger partial charge in [-0.3, -0.25) is 13.8 Å². The molecular formula is C41H76NO7P. The maximum Gasteiger partial charge on any atom is 0.472 e. The number of esters is 1. The van der Waals surface area contributed by atoms with Crippen LogP contribution >= 0.6 is 7.82 Å². The lowest BCUT2D eigenvalue weighted by molar-refractivity contribution is -0.153. The Morgan fingerprint density at radius 3 is 1.64 bits per heavy atom. The second-order valence-corrected chi connectivity index (χ2v) is 14.7. The molecule has 0 radical (unpaired) electrons. The molecule has 3 N–H and O–H groups in total. The van der Waals surface area contributed by atoms with E-state index in [1.54, 1.807) is 6.26 Å². The zero-order chi connectivity index (χ0) is 36.6. The summed E-state index contributed by atoms with van der Waals surface area (Å²) in [5.74, 6) is -0.374. The van der Waals surface area contributed by atoms with Crippen LogP contribution in [0, 0.1) is 0 Å². The number of ether oxygens (including phenoxy) is 2. The molecule has 0 aliphatic rings. The Morgan fingerprint density at radius 1 is 0.620 bits per heavy atom. The summed E-state index contributed by atoms with van der Waals surface area (Å²) in [7, 11) is -4.29. The van der Waals surface area contributed by atoms with E-state index in [1.165, 1.54) is 96.3 Å². The minimum absolute atomic E-state index is 0.0227. The number of hydrogen-bond acceptors (Lipinski definition) is 7. The molecule has 0 spiro atoms. The van der Waals surface area contributed by atoms with E-state index >= 15 is 0 Å². The first-order valence-corrected chi connectivity index (χ1v) is 21.7. The molecule has 292 valence electrons. The first-order chi connectivity index (χ1) is 24.4. The van der Waals surface area contributed by atoms with Gasteiger partial charge in [-0.2, -0.15) is 0 Å². The summed E-state index contributed by atoms with van der Waals surface area (Å²) >= 11 is 0. The van der Waals surface area contributed by atoms with E-state index in [9.17, 15) is 14.3 Å². The van der Waals surface area contributed by atoms with Crippen LogP contribution in [0.4, 0.5) is 0 Å². The second kappa shape index (κ2) is 38.5. The van der Waals surface area contributed by atoms with Crippen molar-refractivity contribution >= 4 is 13.8 Å². The molecule has 0 fully saturated rings. The van der Waals surface area contributed by atoms with Crippen LogP contribution in [0.1, 0.15) is 174 Å². The van der Waals surface area contributed by atoms with Crippen molar-refractivity contribution in [3.63, 3.8) is 0 Å². The number of phosphoric ester groups is 1. The molecule has 0 saturated heterocycles. The smallest absolute Gasteiger partial charge is 0.472 e. The van der Waals surface area contributed by atoms with Crippen LogP contribution in [-0.2, 0) is 27.9 Å². The van der Waals surface area contributed by atoms with E-state index in [4.69, 9.17) is 24.3 Å². The van der Waals surface area contributed by atoms with Gasteiger partial charge in [0.1, 0.15) is 6.61 Å². The van der Waals surface area contributed by atoms with E-state index in [1.807, 2.05) is 6.08 Å². The number of carbonyl (C=O) groups excluding carboxylic acids is 1. The molecule has 0 amide bonds. The number of allylic oxidation sites excluding steroid dienone is 7. The number of phosphoric acid groups is 1. The van der Waals surface area contributed by atoms with E-state index < -0.39 is 13.9 Å². The SMILES string of the molecule is CCCCC/C=C/C/C=C/C/C=C/CCCCCCC(=O)O[C@H](CO/C=C/CCCCCCCCCCCCCC)COP(=O)(O)OCCN. The minimum Gasteiger partial charge on any atom is -0.498 e. The molecule has 0 rings (SSSR count). The maximum atomic E-state index is 12.5. The molecule has 0 saturated carbocycles. The van der Waals surface area contributed by atoms with Gasteiger partial charge in [-0.1, -0.05) is 147 Å². The molecule has 8 nitrogen and oxygen atoms in total. The topological polar surface area (TPSA) is 117 Å². The van der Waals surface area contributed by atoms with Crippen molar-refractivity contribution in [1.82, 2.24) is 0 Å². The van der Waals surface area contributed by atoms with Gasteiger partial charge >= 0.3 is 13.8 Å². The third kappa shape index (κ3) is 37.6. The summed E-state index contributed by atoms with van der Waals surface area (Å²) < 4.78 is 33.1. The van der Waals surface area contributed by atoms with Crippen LogP contribution in [0.3, 0.4) is 0 Å². The summed E-state index contributed by atoms with van der Waals surface area (Å²) in [6.07, 6.45) is 45.0. The van der Waals surface area contributed by atoms with Gasteiger partial charge in [0.05, 0.1) is 19.5 Å². The quantitative estimate of drug-likeness (QED) is 0.0212. The average Bonchev–Trinajstić information content (AvgIpc) is 3.10. The van der Waals surface area contributed by atoms with Gasteiger partial charge < -0.3 is 20.1 Å². The van der Waals surface area contributed by atoms with E-state index in [-0.39, 0.29) is 38.8 Å². The molecular weight excluding hydrogens is 649 g/mol. The van der Waals surface area contributed by atoms with Crippen molar-refractivity contribution < 1.29 is 32.8 Å². The second-order valence-electron chi connectivity index (χ2n) is 13.2. The zero-order valence-electron chi connectivity index (χ0n) is 32.1. The molecule has 50 heavy (non-hydrogen) atoms. The number of rotatable bonds is 38. The van der Waals surface area contributed by atoms with Gasteiger partial charge in [-0.25, -0.2) is 4.57 Å². The van der Waals surface area contributed by atoms with Crippen LogP contribution < -0.4 is 5.73 Å². The predicted molar refractivity (Wildman–Crippen MR) is 210 cm³/mol. The number of hydrogen-bond donors (Lipinski definition) is 2. The average molecular weight is 726 g/mol. The van der Waals surface area contributed by atoms with Gasteiger partial charge in [-0.15, -0.1) is 0 Å². The number of carbonyl (C=O) groups is 1. The lowest BCUT2D eigenvalue weighted by Gasteiger charge is -2.19. The molecule has 0 aliphatic heterocycles. The summed E-state index contributed by atoms with van der Waals surface area (Å²) in [6, 6.07) is 0. The molecule has 0 aromatic carbocycles. The van der Waals surface area contributed by atoms with E-state index in [0.717, 1.165) is 57.8 Å². The predicted octanol–water partition coefficient (Wildman–Crippen LogP) is 12.0. The summed E-state index contributed by atoms with van der Waals surface area (Å²) in [5, 5.41) is 0. The van der Waals surface area contributed by atoms with E-state index in [2.05, 4.69) is 50.3 Å². The van der Waals surface area contributed by atoms with Crippen molar-refractivity contribution in [3.8, 4) is 0 Å². The normalized spacial score (nSPS) is 14.0. The van der Waals surface area contributed by atoms with E-state index in [0.29, 0.717) is 0 Å². The fourth-order valence-electron chi connectivity index (χ4n) is 5.32. The minimum atomic E-state index is -4.29. The highest BCUT2D eigenvalue weighted by Crippen LogP contribution is 2.43. The Bertz CT molecular complexity index is 905. The Hall–Kier alpha value is -1.70. The summed E-state index contributed by atoms with van der Waals surface area (Å²) in [6.45, 7) is 4.18. The molecule has 0 heterocycles. The van der Waals surface area contributed by atoms with Crippen molar-refractivity contribution in [2.75, 3.05) is 26.4 Å². The summed E-state index contributed by atoms with van der Waals surface area (Å²) in [4.78, 5) is 22.4. The lowest BCUT2D eigenvalue weighted by atomic mass is 10.0. The molecule has 0 aliphatic carbocycles. The van der Waals surface area contributed by atoms with Gasteiger partial charge in [0.2, 0.25) is 0 Å². The van der Waals surface area contributed by atoms with Crippen molar-refractivity contribution in [2.24, 2.45) is 5.73 Å². The molecule has 0 bridgehead atoms. The number of nitrogens with two attached hydrogens (primary N) is 1. The highest BCUT2D eigenvalue weighted by atomic mass is 31.2. The first kappa shape index (κ1) is 48.3. The van der Waals surface area contributed by atoms with Gasteiger partial charge in [0, 0.05) is 13.0 Å². The Balaban J connectivity index is 4.18. The van der Waals surface area contributed by atoms with Gasteiger partial charge in [0.15, 0.2) is 6.10 Å². The molecule has 0 aromatic heterocycles. The lowest BCUT2D eigenvalue weighted by Crippen LogP contribution is -2.27. The molecule has 1 unspecified atom stereocenters. The van der Waals surface area contributed by atoms with Crippen LogP contribution in [0.25, 0.3) is 0 Å². The Labute approximate surface area is 307 Å². The monoisotopic (exact) mass is 726 g/mol. The van der Waals surface area contributed by atoms with Crippen LogP contribution in [0.5, 0.6) is 0 Å². The fourth-order valence-corrected chi connectivity index (χ4v) is 6.09. The zero-order valence-corrected chi connectivity index (χ0v) is 33.0. The van der Waals surface area contributed by atoms with Crippen molar-refractivity contribution in [2.45, 2.75) is 180 Å². The molecule has 9 heteroatoms. The van der Waals surface area contributed by atoms with Crippen molar-refractivity contribution in [1.29, 1.82) is 0 Å². The largest absolute Gasteiger partial charge is 0.498 e. The Morgan fingerprint density at radius 2 is 1.08 bits per heavy atom. The third-order valence-electron chi connectivity index (χ3n) is 8.31. The molecule has 0 aromatic rings. The fraction of sp³-hybridized carbons (Fsp3) is 0.780. The van der Waals surface area contributed by atoms with Crippen LogP contribution in [0.2, 0.25) is 0 Å².